The Hall–Kier alpha value is -0.670. The van der Waals surface area contributed by atoms with Crippen LogP contribution in [0.25, 0.3) is 0 Å². The van der Waals surface area contributed by atoms with E-state index in [0.717, 1.165) is 23.5 Å². The first-order valence-corrected chi connectivity index (χ1v) is 7.25. The van der Waals surface area contributed by atoms with Gasteiger partial charge in [-0.25, -0.2) is 0 Å². The van der Waals surface area contributed by atoms with Gasteiger partial charge in [-0.15, -0.1) is 0 Å². The molecule has 0 aliphatic heterocycles. The van der Waals surface area contributed by atoms with Gasteiger partial charge < -0.3 is 5.11 Å². The third-order valence-electron chi connectivity index (χ3n) is 2.56. The van der Waals surface area contributed by atoms with Gasteiger partial charge in [0.25, 0.3) is 0 Å². The molecule has 1 unspecified atom stereocenters. The maximum absolute atomic E-state index is 11.3. The van der Waals surface area contributed by atoms with Crippen LogP contribution in [0.4, 0.5) is 0 Å². The van der Waals surface area contributed by atoms with Crippen LogP contribution in [0.2, 0.25) is 5.02 Å². The maximum atomic E-state index is 11.3. The predicted octanol–water partition coefficient (Wildman–Crippen LogP) is 4.04. The molecule has 2 nitrogen and oxygen atoms in total. The second-order valence-electron chi connectivity index (χ2n) is 3.75. The van der Waals surface area contributed by atoms with E-state index in [1.807, 2.05) is 23.9 Å². The molecule has 0 aliphatic carbocycles. The van der Waals surface area contributed by atoms with Gasteiger partial charge in [0.1, 0.15) is 0 Å². The van der Waals surface area contributed by atoms with Crippen LogP contribution in [0.3, 0.4) is 0 Å². The normalized spacial score (nSPS) is 12.4. The zero-order valence-corrected chi connectivity index (χ0v) is 11.4. The number of hydrogen-bond acceptors (Lipinski definition) is 2. The van der Waals surface area contributed by atoms with Crippen LogP contribution in [0.1, 0.15) is 31.2 Å². The van der Waals surface area contributed by atoms with Crippen LogP contribution >= 0.6 is 23.4 Å². The molecule has 0 fully saturated rings. The van der Waals surface area contributed by atoms with E-state index in [2.05, 4.69) is 6.92 Å². The Morgan fingerprint density at radius 3 is 2.76 bits per heavy atom. The van der Waals surface area contributed by atoms with Crippen molar-refractivity contribution < 1.29 is 9.90 Å². The van der Waals surface area contributed by atoms with Gasteiger partial charge in [0.15, 0.2) is 0 Å². The Morgan fingerprint density at radius 2 is 2.18 bits per heavy atom. The molecule has 0 saturated carbocycles. The van der Waals surface area contributed by atoms with Crippen molar-refractivity contribution in [2.45, 2.75) is 25.7 Å². The van der Waals surface area contributed by atoms with E-state index in [1.165, 1.54) is 0 Å². The summed E-state index contributed by atoms with van der Waals surface area (Å²) >= 11 is 7.87. The SMILES string of the molecule is CCSCCCC(C(=O)O)c1ccccc1Cl. The molecule has 1 rings (SSSR count). The number of carbonyl (C=O) groups is 1. The number of rotatable bonds is 7. The largest absolute Gasteiger partial charge is 0.481 e. The topological polar surface area (TPSA) is 37.3 Å². The minimum Gasteiger partial charge on any atom is -0.481 e. The standard InChI is InChI=1S/C13H17ClO2S/c1-2-17-9-5-7-11(13(15)16)10-6-3-4-8-12(10)14/h3-4,6,8,11H,2,5,7,9H2,1H3,(H,15,16). The molecule has 4 heteroatoms. The maximum Gasteiger partial charge on any atom is 0.311 e. The van der Waals surface area contributed by atoms with Crippen LogP contribution < -0.4 is 0 Å². The van der Waals surface area contributed by atoms with Crippen LogP contribution in [0, 0.1) is 0 Å². The fraction of sp³-hybridized carbons (Fsp3) is 0.462. The summed E-state index contributed by atoms with van der Waals surface area (Å²) in [5, 5.41) is 9.79. The highest BCUT2D eigenvalue weighted by Gasteiger charge is 2.21. The highest BCUT2D eigenvalue weighted by atomic mass is 35.5. The van der Waals surface area contributed by atoms with Gasteiger partial charge in [0.05, 0.1) is 5.92 Å². The van der Waals surface area contributed by atoms with E-state index in [1.54, 1.807) is 12.1 Å². The molecule has 0 bridgehead atoms. The first kappa shape index (κ1) is 14.4. The zero-order valence-electron chi connectivity index (χ0n) is 9.86. The molecule has 94 valence electrons. The molecular formula is C13H17ClO2S. The van der Waals surface area contributed by atoms with Gasteiger partial charge in [-0.1, -0.05) is 36.7 Å². The molecule has 1 aromatic carbocycles. The Kier molecular flexibility index (Phi) is 6.45. The molecule has 0 spiro atoms. The monoisotopic (exact) mass is 272 g/mol. The zero-order chi connectivity index (χ0) is 12.7. The second-order valence-corrected chi connectivity index (χ2v) is 5.55. The smallest absolute Gasteiger partial charge is 0.311 e. The van der Waals surface area contributed by atoms with E-state index in [0.29, 0.717) is 11.4 Å². The minimum absolute atomic E-state index is 0.485. The molecule has 0 aromatic heterocycles. The molecule has 0 amide bonds. The third kappa shape index (κ3) is 4.60. The number of halogens is 1. The number of thioether (sulfide) groups is 1. The molecule has 1 atom stereocenters. The Balaban J connectivity index is 2.66. The summed E-state index contributed by atoms with van der Waals surface area (Å²) in [6.45, 7) is 2.10. The molecule has 1 N–H and O–H groups in total. The molecule has 0 saturated heterocycles. The van der Waals surface area contributed by atoms with E-state index >= 15 is 0 Å². The van der Waals surface area contributed by atoms with Crippen molar-refractivity contribution in [2.75, 3.05) is 11.5 Å². The molecule has 0 radical (unpaired) electrons. The highest BCUT2D eigenvalue weighted by Crippen LogP contribution is 2.28. The lowest BCUT2D eigenvalue weighted by atomic mass is 9.95. The average Bonchev–Trinajstić information content (AvgIpc) is 2.30. The lowest BCUT2D eigenvalue weighted by molar-refractivity contribution is -0.139. The van der Waals surface area contributed by atoms with Crippen molar-refractivity contribution >= 4 is 29.3 Å². The molecule has 17 heavy (non-hydrogen) atoms. The van der Waals surface area contributed by atoms with Gasteiger partial charge >= 0.3 is 5.97 Å². The van der Waals surface area contributed by atoms with Crippen molar-refractivity contribution in [2.24, 2.45) is 0 Å². The molecule has 0 aliphatic rings. The summed E-state index contributed by atoms with van der Waals surface area (Å²) in [5.74, 6) is 0.801. The summed E-state index contributed by atoms with van der Waals surface area (Å²) in [4.78, 5) is 11.3. The second kappa shape index (κ2) is 7.62. The third-order valence-corrected chi connectivity index (χ3v) is 3.89. The Bertz CT molecular complexity index is 368. The number of carboxylic acids is 1. The van der Waals surface area contributed by atoms with Crippen molar-refractivity contribution in [3.8, 4) is 0 Å². The summed E-state index contributed by atoms with van der Waals surface area (Å²) in [5.41, 5.74) is 0.725. The first-order valence-electron chi connectivity index (χ1n) is 5.71. The van der Waals surface area contributed by atoms with Crippen molar-refractivity contribution in [1.82, 2.24) is 0 Å². The van der Waals surface area contributed by atoms with Crippen LogP contribution in [-0.4, -0.2) is 22.6 Å². The average molecular weight is 273 g/mol. The van der Waals surface area contributed by atoms with E-state index in [4.69, 9.17) is 11.6 Å². The number of aliphatic carboxylic acids is 1. The molecular weight excluding hydrogens is 256 g/mol. The van der Waals surface area contributed by atoms with Gasteiger partial charge in [-0.05, 0) is 36.0 Å². The van der Waals surface area contributed by atoms with Gasteiger partial charge in [0, 0.05) is 5.02 Å². The minimum atomic E-state index is -0.792. The predicted molar refractivity (Wildman–Crippen MR) is 74.1 cm³/mol. The quantitative estimate of drug-likeness (QED) is 0.761. The van der Waals surface area contributed by atoms with E-state index in [9.17, 15) is 9.90 Å². The number of hydrogen-bond donors (Lipinski definition) is 1. The van der Waals surface area contributed by atoms with Crippen molar-refractivity contribution in [1.29, 1.82) is 0 Å². The van der Waals surface area contributed by atoms with Crippen molar-refractivity contribution in [3.63, 3.8) is 0 Å². The fourth-order valence-corrected chi connectivity index (χ4v) is 2.63. The van der Waals surface area contributed by atoms with E-state index in [-0.39, 0.29) is 0 Å². The van der Waals surface area contributed by atoms with Crippen LogP contribution in [0.15, 0.2) is 24.3 Å². The number of benzene rings is 1. The molecule has 0 heterocycles. The first-order chi connectivity index (χ1) is 8.16. The van der Waals surface area contributed by atoms with Gasteiger partial charge in [-0.2, -0.15) is 11.8 Å². The Morgan fingerprint density at radius 1 is 1.47 bits per heavy atom. The highest BCUT2D eigenvalue weighted by molar-refractivity contribution is 7.99. The van der Waals surface area contributed by atoms with Gasteiger partial charge in [0.2, 0.25) is 0 Å². The van der Waals surface area contributed by atoms with Gasteiger partial charge in [-0.3, -0.25) is 4.79 Å². The molecule has 1 aromatic rings. The fourth-order valence-electron chi connectivity index (χ4n) is 1.70. The van der Waals surface area contributed by atoms with Crippen molar-refractivity contribution in [3.05, 3.63) is 34.9 Å². The summed E-state index contributed by atoms with van der Waals surface area (Å²) in [6, 6.07) is 7.19. The van der Waals surface area contributed by atoms with Crippen LogP contribution in [0.5, 0.6) is 0 Å². The summed E-state index contributed by atoms with van der Waals surface area (Å²) in [6.07, 6.45) is 1.55. The number of carboxylic acid groups (broad SMARTS) is 1. The van der Waals surface area contributed by atoms with E-state index < -0.39 is 11.9 Å². The lowest BCUT2D eigenvalue weighted by Gasteiger charge is -2.13. The summed E-state index contributed by atoms with van der Waals surface area (Å²) in [7, 11) is 0. The lowest BCUT2D eigenvalue weighted by Crippen LogP contribution is -2.12. The van der Waals surface area contributed by atoms with Crippen LogP contribution in [-0.2, 0) is 4.79 Å². The summed E-state index contributed by atoms with van der Waals surface area (Å²) < 4.78 is 0. The Labute approximate surface area is 111 Å².